The van der Waals surface area contributed by atoms with Crippen LogP contribution in [-0.4, -0.2) is 90.6 Å². The van der Waals surface area contributed by atoms with E-state index in [1.165, 1.54) is 84.8 Å². The number of hydrogen-bond acceptors (Lipinski definition) is 10. The molecule has 0 aliphatic heterocycles. The number of hydrogen-bond donors (Lipinski definition) is 1. The van der Waals surface area contributed by atoms with Gasteiger partial charge in [0.25, 0.3) is 0 Å². The molecule has 0 heterocycles. The molecular formula is C60H107ClO10. The Hall–Kier alpha value is -1.01. The van der Waals surface area contributed by atoms with Gasteiger partial charge in [-0.1, -0.05) is 81.3 Å². The van der Waals surface area contributed by atoms with Gasteiger partial charge in [-0.25, -0.2) is 0 Å². The third-order valence-electron chi connectivity index (χ3n) is 22.9. The molecular weight excluding hydrogens is 916 g/mol. The average Bonchev–Trinajstić information content (AvgIpc) is 3.89. The van der Waals surface area contributed by atoms with Crippen molar-refractivity contribution in [3.8, 4) is 0 Å². The Kier molecular flexibility index (Phi) is 22.2. The van der Waals surface area contributed by atoms with Crippen molar-refractivity contribution in [3.63, 3.8) is 0 Å². The highest BCUT2D eigenvalue weighted by molar-refractivity contribution is 6.17. The van der Waals surface area contributed by atoms with Gasteiger partial charge in [-0.05, 0) is 213 Å². The predicted molar refractivity (Wildman–Crippen MR) is 284 cm³/mol. The first-order valence-electron chi connectivity index (χ1n) is 28.3. The number of aliphatic hydroxyl groups excluding tert-OH is 1. The van der Waals surface area contributed by atoms with Crippen molar-refractivity contribution < 1.29 is 47.9 Å². The second kappa shape index (κ2) is 25.9. The standard InChI is InChI=1S/C29H50O4.C28H48O5.C2H5ClO.CH4/c1-18(8-11-26(30)32-7)22-9-10-23-27-24(12-13-28(22,23)4)29(5)16-20(3)19(2)14-21(29)15-25(27)33-17-31-6;1-17(7-10-25(30)32-6)20-8-9-21-26-22(11-12-27(20,21)3)28(4)15-18(2)23(29)13-19(28)14-24(26)33-16-31-5;1-4-2-3;/h18-25,27H,8-17H2,1-7H3;17-24,26,29H,7-16H2,1-6H3;2H2,1H3;1H4/t18-,19-,20-,21+,22-,23?,24?,25+,27?,28-,29+;17-,18-,19+,20-,21?,22?,23-,24+,26?,27-,28+;;/m11../s1. The summed E-state index contributed by atoms with van der Waals surface area (Å²) in [4.78, 5) is 23.6. The molecule has 8 aliphatic carbocycles. The quantitative estimate of drug-likeness (QED) is 0.0965. The highest BCUT2D eigenvalue weighted by atomic mass is 35.5. The molecule has 8 rings (SSSR count). The molecule has 0 amide bonds. The maximum atomic E-state index is 11.8. The van der Waals surface area contributed by atoms with E-state index in [0.29, 0.717) is 119 Å². The topological polar surface area (TPSA) is 119 Å². The number of rotatable bonds is 15. The van der Waals surface area contributed by atoms with E-state index in [0.717, 1.165) is 61.7 Å². The zero-order valence-corrected chi connectivity index (χ0v) is 47.5. The molecule has 8 fully saturated rings. The van der Waals surface area contributed by atoms with Crippen LogP contribution in [0, 0.1) is 110 Å². The molecule has 0 aromatic heterocycles. The highest BCUT2D eigenvalue weighted by Crippen LogP contribution is 2.71. The molecule has 8 saturated carbocycles. The van der Waals surface area contributed by atoms with Crippen LogP contribution in [-0.2, 0) is 42.7 Å². The molecule has 0 aromatic rings. The van der Waals surface area contributed by atoms with Crippen molar-refractivity contribution in [3.05, 3.63) is 0 Å². The maximum absolute atomic E-state index is 11.8. The van der Waals surface area contributed by atoms with Gasteiger partial charge in [0.15, 0.2) is 0 Å². The van der Waals surface area contributed by atoms with Crippen LogP contribution < -0.4 is 0 Å². The minimum Gasteiger partial charge on any atom is -0.469 e. The molecule has 414 valence electrons. The fraction of sp³-hybridized carbons (Fsp3) is 0.967. The van der Waals surface area contributed by atoms with Gasteiger partial charge < -0.3 is 38.3 Å². The molecule has 0 bridgehead atoms. The van der Waals surface area contributed by atoms with Gasteiger partial charge in [0.05, 0.1) is 32.5 Å². The second-order valence-electron chi connectivity index (χ2n) is 26.1. The third-order valence-corrected chi connectivity index (χ3v) is 23.2. The Balaban J connectivity index is 0.000000242. The zero-order chi connectivity index (χ0) is 51.3. The highest BCUT2D eigenvalue weighted by Gasteiger charge is 2.65. The zero-order valence-electron chi connectivity index (χ0n) is 46.7. The monoisotopic (exact) mass is 1020 g/mol. The number of carbonyl (C=O) groups excluding carboxylic acids is 2. The minimum atomic E-state index is -0.178. The molecule has 0 saturated heterocycles. The Morgan fingerprint density at radius 1 is 0.563 bits per heavy atom. The Labute approximate surface area is 438 Å². The van der Waals surface area contributed by atoms with Gasteiger partial charge >= 0.3 is 11.9 Å². The first kappa shape index (κ1) is 60.9. The lowest BCUT2D eigenvalue weighted by Crippen LogP contribution is -2.60. The van der Waals surface area contributed by atoms with Crippen molar-refractivity contribution in [2.45, 2.75) is 204 Å². The summed E-state index contributed by atoms with van der Waals surface area (Å²) in [6.45, 7) is 23.1. The summed E-state index contributed by atoms with van der Waals surface area (Å²) in [6, 6.07) is 0.292. The van der Waals surface area contributed by atoms with Crippen molar-refractivity contribution >= 4 is 23.5 Å². The summed E-state index contributed by atoms with van der Waals surface area (Å²) < 4.78 is 37.9. The van der Waals surface area contributed by atoms with E-state index in [1.807, 2.05) is 0 Å². The van der Waals surface area contributed by atoms with E-state index >= 15 is 0 Å². The number of esters is 2. The molecule has 1 N–H and O–H groups in total. The summed E-state index contributed by atoms with van der Waals surface area (Å²) in [5.41, 5.74) is 1.43. The number of fused-ring (bicyclic) bond motifs is 10. The van der Waals surface area contributed by atoms with Crippen molar-refractivity contribution in [2.24, 2.45) is 110 Å². The van der Waals surface area contributed by atoms with Crippen molar-refractivity contribution in [1.29, 1.82) is 0 Å². The third kappa shape index (κ3) is 12.4. The molecule has 11 heteroatoms. The molecule has 22 atom stereocenters. The summed E-state index contributed by atoms with van der Waals surface area (Å²) in [5.74, 6) is 9.72. The Morgan fingerprint density at radius 3 is 1.35 bits per heavy atom. The van der Waals surface area contributed by atoms with Gasteiger partial charge in [-0.2, -0.15) is 0 Å². The molecule has 8 aliphatic rings. The fourth-order valence-corrected chi connectivity index (χ4v) is 19.2. The smallest absolute Gasteiger partial charge is 0.305 e. The minimum absolute atomic E-state index is 0. The SMILES string of the molecule is C.COCCl.COCO[C@H]1C[C@@H]2C[C@@H](C)[C@H](C)C[C@]2(C)C2CC[C@@]3(C)C(CC[C@@H]3[C@H](C)CCC(=O)OC)C21.COCO[C@H]1C[C@@H]2C[C@@H](O)[C@H](C)C[C@]2(C)C2CC[C@@]3(C)C(CC[C@@H]3[C@H](C)CCC(=O)OC)C21. The van der Waals surface area contributed by atoms with Crippen LogP contribution in [0.4, 0.5) is 0 Å². The molecule has 0 spiro atoms. The lowest BCUT2D eigenvalue weighted by molar-refractivity contribution is -0.213. The first-order chi connectivity index (χ1) is 33.2. The number of aliphatic hydroxyl groups is 1. The van der Waals surface area contributed by atoms with Crippen molar-refractivity contribution in [1.82, 2.24) is 0 Å². The molecule has 6 unspecified atom stereocenters. The van der Waals surface area contributed by atoms with Gasteiger partial charge in [-0.15, -0.1) is 0 Å². The number of alkyl halides is 1. The Morgan fingerprint density at radius 2 is 0.958 bits per heavy atom. The summed E-state index contributed by atoms with van der Waals surface area (Å²) in [7, 11) is 8.02. The number of carbonyl (C=O) groups is 2. The Bertz CT molecular complexity index is 1550. The van der Waals surface area contributed by atoms with Crippen LogP contribution in [0.2, 0.25) is 0 Å². The van der Waals surface area contributed by atoms with Gasteiger partial charge in [0.2, 0.25) is 0 Å². The van der Waals surface area contributed by atoms with Gasteiger partial charge in [-0.3, -0.25) is 9.59 Å². The van der Waals surface area contributed by atoms with Crippen LogP contribution in [0.15, 0.2) is 0 Å². The fourth-order valence-electron chi connectivity index (χ4n) is 19.2. The van der Waals surface area contributed by atoms with Crippen LogP contribution >= 0.6 is 11.6 Å². The predicted octanol–water partition coefficient (Wildman–Crippen LogP) is 13.6. The van der Waals surface area contributed by atoms with E-state index in [4.69, 9.17) is 40.0 Å². The van der Waals surface area contributed by atoms with E-state index in [2.05, 4.69) is 67.1 Å². The summed E-state index contributed by atoms with van der Waals surface area (Å²) in [5, 5.41) is 10.7. The number of ether oxygens (including phenoxy) is 7. The molecule has 10 nitrogen and oxygen atoms in total. The lowest BCUT2D eigenvalue weighted by atomic mass is 9.42. The van der Waals surface area contributed by atoms with Gasteiger partial charge in [0, 0.05) is 34.2 Å². The summed E-state index contributed by atoms with van der Waals surface area (Å²) in [6.07, 6.45) is 20.8. The number of methoxy groups -OCH3 is 5. The van der Waals surface area contributed by atoms with Crippen LogP contribution in [0.5, 0.6) is 0 Å². The normalized spacial score (nSPS) is 44.9. The van der Waals surface area contributed by atoms with Crippen LogP contribution in [0.3, 0.4) is 0 Å². The maximum Gasteiger partial charge on any atom is 0.305 e. The largest absolute Gasteiger partial charge is 0.469 e. The molecule has 0 aromatic carbocycles. The van der Waals surface area contributed by atoms with Crippen molar-refractivity contribution in [2.75, 3.05) is 55.2 Å². The molecule has 71 heavy (non-hydrogen) atoms. The van der Waals surface area contributed by atoms with E-state index in [1.54, 1.807) is 21.3 Å². The number of halogens is 1. The lowest BCUT2D eigenvalue weighted by Gasteiger charge is -2.64. The van der Waals surface area contributed by atoms with Gasteiger partial charge in [0.1, 0.15) is 19.7 Å². The van der Waals surface area contributed by atoms with E-state index in [-0.39, 0.29) is 31.6 Å². The first-order valence-corrected chi connectivity index (χ1v) is 28.8. The van der Waals surface area contributed by atoms with Crippen LogP contribution in [0.25, 0.3) is 0 Å². The van der Waals surface area contributed by atoms with E-state index in [9.17, 15) is 14.7 Å². The summed E-state index contributed by atoms with van der Waals surface area (Å²) >= 11 is 4.96. The molecule has 0 radical (unpaired) electrons. The van der Waals surface area contributed by atoms with E-state index < -0.39 is 0 Å². The van der Waals surface area contributed by atoms with Crippen LogP contribution in [0.1, 0.15) is 185 Å². The second-order valence-corrected chi connectivity index (χ2v) is 26.3. The average molecular weight is 1020 g/mol.